The molecule has 0 unspecified atom stereocenters. The number of hydrogen-bond acceptors (Lipinski definition) is 6. The smallest absolute Gasteiger partial charge is 0.414 e. The van der Waals surface area contributed by atoms with Crippen LogP contribution in [0.1, 0.15) is 35.1 Å². The summed E-state index contributed by atoms with van der Waals surface area (Å²) < 4.78 is 5.87. The van der Waals surface area contributed by atoms with Crippen LogP contribution >= 0.6 is 0 Å². The molecule has 0 bridgehead atoms. The van der Waals surface area contributed by atoms with Gasteiger partial charge in [0.1, 0.15) is 0 Å². The van der Waals surface area contributed by atoms with Crippen molar-refractivity contribution in [1.82, 2.24) is 4.90 Å². The van der Waals surface area contributed by atoms with E-state index in [9.17, 15) is 4.79 Å². The number of piperidine rings is 1. The Morgan fingerprint density at radius 1 is 1.03 bits per heavy atom. The number of anilines is 1. The van der Waals surface area contributed by atoms with Crippen LogP contribution < -0.4 is 5.32 Å². The summed E-state index contributed by atoms with van der Waals surface area (Å²) in [6.07, 6.45) is 2.09. The first-order chi connectivity index (χ1) is 16.7. The van der Waals surface area contributed by atoms with E-state index in [2.05, 4.69) is 30.1 Å². The first kappa shape index (κ1) is 27.5. The highest BCUT2D eigenvalue weighted by atomic mass is 16.5. The van der Waals surface area contributed by atoms with E-state index in [-0.39, 0.29) is 5.91 Å². The molecule has 3 N–H and O–H groups in total. The Morgan fingerprint density at radius 2 is 1.66 bits per heavy atom. The first-order valence-electron chi connectivity index (χ1n) is 11.3. The van der Waals surface area contributed by atoms with Crippen LogP contribution in [0.15, 0.2) is 42.5 Å². The van der Waals surface area contributed by atoms with Gasteiger partial charge in [0.2, 0.25) is 5.91 Å². The van der Waals surface area contributed by atoms with Crippen LogP contribution in [0.2, 0.25) is 0 Å². The van der Waals surface area contributed by atoms with Crippen LogP contribution in [0, 0.1) is 31.1 Å². The molecular weight excluding hydrogens is 450 g/mol. The summed E-state index contributed by atoms with van der Waals surface area (Å²) in [5.74, 6) is -3.07. The number of nitriles is 1. The molecule has 0 aliphatic carbocycles. The Bertz CT molecular complexity index is 1040. The Balaban J connectivity index is 0.000000641. The standard InChI is InChI=1S/C24H29N3O2.C2H2O4/c1-18-3-8-23(13-19(18)2)26-24(28)15-27-11-9-22(10-12-27)17-29-16-21-6-4-20(14-25)5-7-21;3-1(4)2(5)6/h3-8,13,22H,9-12,15-17H2,1-2H3,(H,26,28);(H,3,4)(H,5,6). The second kappa shape index (κ2) is 13.8. The maximum absolute atomic E-state index is 12.3. The van der Waals surface area contributed by atoms with Gasteiger partial charge in [-0.25, -0.2) is 9.59 Å². The Morgan fingerprint density at radius 3 is 2.20 bits per heavy atom. The van der Waals surface area contributed by atoms with Crippen LogP contribution in [0.5, 0.6) is 0 Å². The van der Waals surface area contributed by atoms with E-state index in [1.807, 2.05) is 42.5 Å². The molecule has 0 saturated carbocycles. The molecule has 1 heterocycles. The van der Waals surface area contributed by atoms with Gasteiger partial charge in [-0.05, 0) is 86.7 Å². The fourth-order valence-electron chi connectivity index (χ4n) is 3.55. The van der Waals surface area contributed by atoms with Crippen LogP contribution in [0.25, 0.3) is 0 Å². The Labute approximate surface area is 204 Å². The molecule has 0 radical (unpaired) electrons. The second-order valence-electron chi connectivity index (χ2n) is 8.50. The number of likely N-dealkylation sites (tertiary alicyclic amines) is 1. The summed E-state index contributed by atoms with van der Waals surface area (Å²) in [6.45, 7) is 7.72. The number of nitrogens with zero attached hydrogens (tertiary/aromatic N) is 2. The van der Waals surface area contributed by atoms with Crippen molar-refractivity contribution in [3.63, 3.8) is 0 Å². The highest BCUT2D eigenvalue weighted by Crippen LogP contribution is 2.19. The minimum Gasteiger partial charge on any atom is -0.473 e. The molecule has 0 atom stereocenters. The second-order valence-corrected chi connectivity index (χ2v) is 8.50. The Kier molecular flexibility index (Phi) is 10.9. The Hall–Kier alpha value is -3.74. The summed E-state index contributed by atoms with van der Waals surface area (Å²) in [6, 6.07) is 15.7. The van der Waals surface area contributed by atoms with E-state index in [1.54, 1.807) is 0 Å². The molecule has 1 saturated heterocycles. The van der Waals surface area contributed by atoms with E-state index < -0.39 is 11.9 Å². The number of hydrogen-bond donors (Lipinski definition) is 3. The van der Waals surface area contributed by atoms with Crippen LogP contribution in [-0.2, 0) is 25.7 Å². The first-order valence-corrected chi connectivity index (χ1v) is 11.3. The highest BCUT2D eigenvalue weighted by molar-refractivity contribution is 6.27. The largest absolute Gasteiger partial charge is 0.473 e. The average molecular weight is 482 g/mol. The summed E-state index contributed by atoms with van der Waals surface area (Å²) in [7, 11) is 0. The SMILES string of the molecule is Cc1ccc(NC(=O)CN2CCC(COCc3ccc(C#N)cc3)CC2)cc1C.O=C(O)C(=O)O. The van der Waals surface area contributed by atoms with Gasteiger partial charge in [-0.15, -0.1) is 0 Å². The maximum atomic E-state index is 12.3. The number of rotatable bonds is 7. The van der Waals surface area contributed by atoms with Crippen molar-refractivity contribution in [2.75, 3.05) is 31.6 Å². The van der Waals surface area contributed by atoms with E-state index in [4.69, 9.17) is 29.8 Å². The van der Waals surface area contributed by atoms with Gasteiger partial charge in [0, 0.05) is 12.3 Å². The van der Waals surface area contributed by atoms with Crippen molar-refractivity contribution in [2.24, 2.45) is 5.92 Å². The maximum Gasteiger partial charge on any atom is 0.414 e. The molecule has 2 aromatic rings. The lowest BCUT2D eigenvalue weighted by atomic mass is 9.98. The van der Waals surface area contributed by atoms with Gasteiger partial charge in [-0.3, -0.25) is 9.69 Å². The predicted molar refractivity (Wildman–Crippen MR) is 130 cm³/mol. The number of carboxylic acid groups (broad SMARTS) is 2. The molecule has 35 heavy (non-hydrogen) atoms. The van der Waals surface area contributed by atoms with Crippen LogP contribution in [0.3, 0.4) is 0 Å². The molecule has 9 nitrogen and oxygen atoms in total. The lowest BCUT2D eigenvalue weighted by molar-refractivity contribution is -0.159. The number of carboxylic acids is 2. The van der Waals surface area contributed by atoms with Crippen molar-refractivity contribution >= 4 is 23.5 Å². The number of benzene rings is 2. The topological polar surface area (TPSA) is 140 Å². The number of carbonyl (C=O) groups excluding carboxylic acids is 1. The normalized spacial score (nSPS) is 13.7. The molecule has 186 valence electrons. The number of aliphatic carboxylic acids is 2. The van der Waals surface area contributed by atoms with Crippen LogP contribution in [-0.4, -0.2) is 59.2 Å². The molecule has 3 rings (SSSR count). The number of nitrogens with one attached hydrogen (secondary N) is 1. The zero-order valence-corrected chi connectivity index (χ0v) is 20.0. The highest BCUT2D eigenvalue weighted by Gasteiger charge is 2.21. The van der Waals surface area contributed by atoms with E-state index in [0.29, 0.717) is 24.6 Å². The zero-order chi connectivity index (χ0) is 25.8. The molecule has 1 fully saturated rings. The zero-order valence-electron chi connectivity index (χ0n) is 20.0. The summed E-state index contributed by atoms with van der Waals surface area (Å²) in [4.78, 5) is 32.8. The summed E-state index contributed by atoms with van der Waals surface area (Å²) in [5.41, 5.74) is 5.03. The van der Waals surface area contributed by atoms with Gasteiger partial charge in [0.25, 0.3) is 0 Å². The number of ether oxygens (including phenoxy) is 1. The van der Waals surface area contributed by atoms with Gasteiger partial charge in [-0.1, -0.05) is 18.2 Å². The van der Waals surface area contributed by atoms with E-state index in [0.717, 1.165) is 43.8 Å². The van der Waals surface area contributed by atoms with Crippen molar-refractivity contribution in [3.8, 4) is 6.07 Å². The average Bonchev–Trinajstić information content (AvgIpc) is 2.83. The lowest BCUT2D eigenvalue weighted by Gasteiger charge is -2.31. The van der Waals surface area contributed by atoms with Gasteiger partial charge in [-0.2, -0.15) is 5.26 Å². The van der Waals surface area contributed by atoms with Crippen LogP contribution in [0.4, 0.5) is 5.69 Å². The van der Waals surface area contributed by atoms with Crippen molar-refractivity contribution in [2.45, 2.75) is 33.3 Å². The fraction of sp³-hybridized carbons (Fsp3) is 0.385. The fourth-order valence-corrected chi connectivity index (χ4v) is 3.55. The third-order valence-electron chi connectivity index (χ3n) is 5.75. The third kappa shape index (κ3) is 9.96. The van der Waals surface area contributed by atoms with Gasteiger partial charge < -0.3 is 20.3 Å². The predicted octanol–water partition coefficient (Wildman–Crippen LogP) is 3.20. The number of aryl methyl sites for hydroxylation is 2. The van der Waals surface area contributed by atoms with Gasteiger partial charge in [0.15, 0.2) is 0 Å². The molecule has 0 spiro atoms. The van der Waals surface area contributed by atoms with Crippen molar-refractivity contribution in [1.29, 1.82) is 5.26 Å². The quantitative estimate of drug-likeness (QED) is 0.512. The van der Waals surface area contributed by atoms with Crippen molar-refractivity contribution in [3.05, 3.63) is 64.7 Å². The third-order valence-corrected chi connectivity index (χ3v) is 5.75. The lowest BCUT2D eigenvalue weighted by Crippen LogP contribution is -2.40. The summed E-state index contributed by atoms with van der Waals surface area (Å²) >= 11 is 0. The molecular formula is C26H31N3O6. The molecule has 9 heteroatoms. The molecule has 1 aliphatic rings. The van der Waals surface area contributed by atoms with E-state index >= 15 is 0 Å². The number of amides is 1. The van der Waals surface area contributed by atoms with E-state index in [1.165, 1.54) is 11.1 Å². The van der Waals surface area contributed by atoms with Gasteiger partial charge >= 0.3 is 11.9 Å². The minimum absolute atomic E-state index is 0.0452. The molecule has 1 aliphatic heterocycles. The van der Waals surface area contributed by atoms with Gasteiger partial charge in [0.05, 0.1) is 24.8 Å². The minimum atomic E-state index is -1.82. The molecule has 0 aromatic heterocycles. The molecule has 1 amide bonds. The monoisotopic (exact) mass is 481 g/mol. The summed E-state index contributed by atoms with van der Waals surface area (Å²) in [5, 5.41) is 26.6. The van der Waals surface area contributed by atoms with Crippen molar-refractivity contribution < 1.29 is 29.3 Å². The number of carbonyl (C=O) groups is 3. The molecule has 2 aromatic carbocycles.